The zero-order chi connectivity index (χ0) is 23.1. The minimum atomic E-state index is -0.731. The largest absolute Gasteiger partial charge is 0.463 e. The monoisotopic (exact) mass is 437 g/mol. The number of rotatable bonds is 7. The number of benzene rings is 2. The van der Waals surface area contributed by atoms with E-state index in [0.717, 1.165) is 0 Å². The average molecular weight is 437 g/mol. The van der Waals surface area contributed by atoms with Crippen molar-refractivity contribution in [1.82, 2.24) is 10.6 Å². The molecule has 0 saturated carbocycles. The number of para-hydroxylation sites is 1. The molecule has 0 radical (unpaired) electrons. The second-order valence-corrected chi connectivity index (χ2v) is 6.87. The van der Waals surface area contributed by atoms with Crippen LogP contribution in [0.15, 0.2) is 65.9 Å². The van der Waals surface area contributed by atoms with Crippen LogP contribution in [0.2, 0.25) is 0 Å². The molecular weight excluding hydrogens is 414 g/mol. The van der Waals surface area contributed by atoms with E-state index in [1.807, 2.05) is 0 Å². The molecule has 9 nitrogen and oxygen atoms in total. The van der Waals surface area contributed by atoms with Gasteiger partial charge < -0.3 is 25.4 Å². The van der Waals surface area contributed by atoms with Gasteiger partial charge in [-0.3, -0.25) is 4.79 Å². The van der Waals surface area contributed by atoms with Crippen LogP contribution in [0.3, 0.4) is 0 Å². The van der Waals surface area contributed by atoms with Crippen molar-refractivity contribution < 1.29 is 28.7 Å². The number of hydrogen-bond donors (Lipinski definition) is 3. The van der Waals surface area contributed by atoms with E-state index in [4.69, 9.17) is 9.47 Å². The molecule has 3 N–H and O–H groups in total. The minimum absolute atomic E-state index is 0.128. The molecule has 0 aliphatic carbocycles. The van der Waals surface area contributed by atoms with Crippen LogP contribution in [-0.4, -0.2) is 43.1 Å². The third-order valence-corrected chi connectivity index (χ3v) is 4.64. The fraction of sp³-hybridized carbons (Fsp3) is 0.217. The number of nitrogens with one attached hydrogen (secondary N) is 3. The van der Waals surface area contributed by atoms with Crippen LogP contribution in [0, 0.1) is 0 Å². The average Bonchev–Trinajstić information content (AvgIpc) is 2.78. The predicted octanol–water partition coefficient (Wildman–Crippen LogP) is 2.61. The Labute approximate surface area is 184 Å². The molecule has 2 aromatic rings. The molecule has 166 valence electrons. The Morgan fingerprint density at radius 1 is 0.969 bits per heavy atom. The fourth-order valence-corrected chi connectivity index (χ4v) is 3.16. The van der Waals surface area contributed by atoms with Crippen LogP contribution in [0.4, 0.5) is 10.5 Å². The number of carbonyl (C=O) groups is 4. The molecule has 1 atom stereocenters. The van der Waals surface area contributed by atoms with Crippen molar-refractivity contribution in [2.24, 2.45) is 0 Å². The van der Waals surface area contributed by atoms with Crippen molar-refractivity contribution in [1.29, 1.82) is 0 Å². The minimum Gasteiger partial charge on any atom is -0.463 e. The highest BCUT2D eigenvalue weighted by atomic mass is 16.5. The zero-order valence-corrected chi connectivity index (χ0v) is 17.6. The Morgan fingerprint density at radius 2 is 1.66 bits per heavy atom. The van der Waals surface area contributed by atoms with Gasteiger partial charge in [-0.25, -0.2) is 14.4 Å². The lowest BCUT2D eigenvalue weighted by atomic mass is 10.0. The molecule has 1 aliphatic rings. The Bertz CT molecular complexity index is 1060. The van der Waals surface area contributed by atoms with Gasteiger partial charge in [0.25, 0.3) is 5.91 Å². The molecule has 1 aliphatic heterocycles. The topological polar surface area (TPSA) is 123 Å². The molecule has 0 fully saturated rings. The normalized spacial score (nSPS) is 15.3. The Morgan fingerprint density at radius 3 is 2.38 bits per heavy atom. The summed E-state index contributed by atoms with van der Waals surface area (Å²) < 4.78 is 10.4. The quantitative estimate of drug-likeness (QED) is 0.572. The number of carbonyl (C=O) groups excluding carboxylic acids is 4. The smallest absolute Gasteiger partial charge is 0.340 e. The van der Waals surface area contributed by atoms with Crippen LogP contribution in [0.1, 0.15) is 34.6 Å². The number of ether oxygens (including phenoxy) is 2. The first-order valence-corrected chi connectivity index (χ1v) is 10.0. The van der Waals surface area contributed by atoms with Crippen LogP contribution in [0.25, 0.3) is 0 Å². The predicted molar refractivity (Wildman–Crippen MR) is 116 cm³/mol. The maximum absolute atomic E-state index is 12.8. The van der Waals surface area contributed by atoms with Crippen molar-refractivity contribution in [3.63, 3.8) is 0 Å². The molecule has 1 heterocycles. The van der Waals surface area contributed by atoms with Crippen molar-refractivity contribution in [2.75, 3.05) is 18.5 Å². The summed E-state index contributed by atoms with van der Waals surface area (Å²) in [5.74, 6) is -1.73. The lowest BCUT2D eigenvalue weighted by molar-refractivity contribution is -0.139. The van der Waals surface area contributed by atoms with E-state index in [1.54, 1.807) is 62.4 Å². The first kappa shape index (κ1) is 22.5. The highest BCUT2D eigenvalue weighted by Gasteiger charge is 2.30. The van der Waals surface area contributed by atoms with Crippen molar-refractivity contribution in [2.45, 2.75) is 19.9 Å². The van der Waals surface area contributed by atoms with E-state index in [1.165, 1.54) is 6.07 Å². The van der Waals surface area contributed by atoms with E-state index in [-0.39, 0.29) is 41.6 Å². The summed E-state index contributed by atoms with van der Waals surface area (Å²) in [4.78, 5) is 49.3. The Kier molecular flexibility index (Phi) is 7.22. The molecule has 0 spiro atoms. The molecule has 0 bridgehead atoms. The van der Waals surface area contributed by atoms with Crippen LogP contribution in [-0.2, 0) is 14.3 Å². The molecular formula is C23H23N3O6. The second kappa shape index (κ2) is 10.3. The van der Waals surface area contributed by atoms with Gasteiger partial charge in [0.1, 0.15) is 6.61 Å². The molecule has 1 unspecified atom stereocenters. The molecule has 3 amide bonds. The van der Waals surface area contributed by atoms with Gasteiger partial charge in [0.15, 0.2) is 0 Å². The number of hydrogen-bond acceptors (Lipinski definition) is 6. The number of anilines is 1. The van der Waals surface area contributed by atoms with Gasteiger partial charge in [-0.1, -0.05) is 30.3 Å². The van der Waals surface area contributed by atoms with E-state index in [2.05, 4.69) is 16.0 Å². The van der Waals surface area contributed by atoms with Crippen molar-refractivity contribution >= 4 is 29.6 Å². The van der Waals surface area contributed by atoms with Gasteiger partial charge in [-0.2, -0.15) is 0 Å². The summed E-state index contributed by atoms with van der Waals surface area (Å²) in [6, 6.07) is 13.8. The summed E-state index contributed by atoms with van der Waals surface area (Å²) in [6.45, 7) is 3.09. The Balaban J connectivity index is 1.77. The first-order valence-electron chi connectivity index (χ1n) is 10.0. The van der Waals surface area contributed by atoms with Crippen LogP contribution < -0.4 is 16.0 Å². The summed E-state index contributed by atoms with van der Waals surface area (Å²) in [6.07, 6.45) is 0. The van der Waals surface area contributed by atoms with E-state index in [0.29, 0.717) is 5.56 Å². The van der Waals surface area contributed by atoms with Gasteiger partial charge in [-0.05, 0) is 38.1 Å². The maximum atomic E-state index is 12.8. The van der Waals surface area contributed by atoms with Crippen molar-refractivity contribution in [3.8, 4) is 0 Å². The van der Waals surface area contributed by atoms with E-state index < -0.39 is 24.0 Å². The third kappa shape index (κ3) is 5.31. The summed E-state index contributed by atoms with van der Waals surface area (Å²) in [5.41, 5.74) is 1.15. The number of esters is 2. The van der Waals surface area contributed by atoms with E-state index >= 15 is 0 Å². The lowest BCUT2D eigenvalue weighted by Gasteiger charge is -2.26. The van der Waals surface area contributed by atoms with Gasteiger partial charge in [0, 0.05) is 5.56 Å². The van der Waals surface area contributed by atoms with Crippen LogP contribution in [0.5, 0.6) is 0 Å². The van der Waals surface area contributed by atoms with Gasteiger partial charge >= 0.3 is 18.0 Å². The SMILES string of the molecule is CCOC(=O)C1=C(COC(=O)c2ccccc2NC(=O)c2ccccc2)NC(=O)NC1C. The zero-order valence-electron chi connectivity index (χ0n) is 17.6. The summed E-state index contributed by atoms with van der Waals surface area (Å²) in [5, 5.41) is 7.76. The Hall–Kier alpha value is -4.14. The second-order valence-electron chi connectivity index (χ2n) is 6.87. The van der Waals surface area contributed by atoms with Gasteiger partial charge in [-0.15, -0.1) is 0 Å². The van der Waals surface area contributed by atoms with Crippen molar-refractivity contribution in [3.05, 3.63) is 77.0 Å². The molecule has 3 rings (SSSR count). The summed E-state index contributed by atoms with van der Waals surface area (Å²) in [7, 11) is 0. The standard InChI is InChI=1S/C23H23N3O6/c1-3-31-22(29)19-14(2)24-23(30)26-18(19)13-32-21(28)16-11-7-8-12-17(16)25-20(27)15-9-5-4-6-10-15/h4-12,14H,3,13H2,1-2H3,(H,25,27)(H2,24,26,30). The number of amides is 3. The van der Waals surface area contributed by atoms with Gasteiger partial charge in [0.2, 0.25) is 0 Å². The molecule has 2 aromatic carbocycles. The molecule has 0 saturated heterocycles. The molecule has 32 heavy (non-hydrogen) atoms. The van der Waals surface area contributed by atoms with E-state index in [9.17, 15) is 19.2 Å². The fourth-order valence-electron chi connectivity index (χ4n) is 3.16. The van der Waals surface area contributed by atoms with Gasteiger partial charge in [0.05, 0.1) is 35.2 Å². The third-order valence-electron chi connectivity index (χ3n) is 4.64. The number of urea groups is 1. The molecule has 0 aromatic heterocycles. The lowest BCUT2D eigenvalue weighted by Crippen LogP contribution is -2.50. The highest BCUT2D eigenvalue weighted by Crippen LogP contribution is 2.19. The summed E-state index contributed by atoms with van der Waals surface area (Å²) >= 11 is 0. The highest BCUT2D eigenvalue weighted by molar-refractivity contribution is 6.08. The maximum Gasteiger partial charge on any atom is 0.340 e. The molecule has 9 heteroatoms. The first-order chi connectivity index (χ1) is 15.4. The van der Waals surface area contributed by atoms with Crippen LogP contribution >= 0.6 is 0 Å².